The fraction of sp³-hybridized carbons (Fsp3) is 0.467. The summed E-state index contributed by atoms with van der Waals surface area (Å²) in [4.78, 5) is 4.47. The van der Waals surface area contributed by atoms with E-state index in [-0.39, 0.29) is 12.0 Å². The average Bonchev–Trinajstić information content (AvgIpc) is 2.95. The molecule has 1 heterocycles. The molecule has 0 fully saturated rings. The molecule has 0 saturated carbocycles. The van der Waals surface area contributed by atoms with Crippen molar-refractivity contribution in [2.75, 3.05) is 0 Å². The molecule has 0 aliphatic carbocycles. The maximum atomic E-state index is 6.26. The van der Waals surface area contributed by atoms with Crippen LogP contribution in [0.5, 0.6) is 0 Å². The summed E-state index contributed by atoms with van der Waals surface area (Å²) in [6.07, 6.45) is 0.998. The lowest BCUT2D eigenvalue weighted by atomic mass is 9.95. The first kappa shape index (κ1) is 13.7. The second-order valence-corrected chi connectivity index (χ2v) is 5.03. The lowest BCUT2D eigenvalue weighted by molar-refractivity contribution is 0.338. The van der Waals surface area contributed by atoms with Gasteiger partial charge in [0.15, 0.2) is 5.82 Å². The van der Waals surface area contributed by atoms with Crippen molar-refractivity contribution >= 4 is 0 Å². The Balaban J connectivity index is 2.15. The van der Waals surface area contributed by atoms with Crippen molar-refractivity contribution in [1.82, 2.24) is 10.1 Å². The SMILES string of the molecule is CCC(C)c1noc(C(C)C(N)c2ccccc2)n1. The third-order valence-corrected chi connectivity index (χ3v) is 3.62. The molecule has 0 saturated heterocycles. The first-order valence-electron chi connectivity index (χ1n) is 6.77. The minimum atomic E-state index is -0.133. The van der Waals surface area contributed by atoms with Crippen LogP contribution in [0.1, 0.15) is 62.3 Å². The first-order chi connectivity index (χ1) is 9.13. The summed E-state index contributed by atoms with van der Waals surface area (Å²) < 4.78 is 5.35. The van der Waals surface area contributed by atoms with Crippen LogP contribution in [-0.2, 0) is 0 Å². The standard InChI is InChI=1S/C15H21N3O/c1-4-10(2)14-17-15(19-18-14)11(3)13(16)12-8-6-5-7-9-12/h5-11,13H,4,16H2,1-3H3. The van der Waals surface area contributed by atoms with Gasteiger partial charge in [-0.3, -0.25) is 0 Å². The Morgan fingerprint density at radius 1 is 1.21 bits per heavy atom. The Kier molecular flexibility index (Phi) is 4.32. The van der Waals surface area contributed by atoms with Crippen LogP contribution >= 0.6 is 0 Å². The second-order valence-electron chi connectivity index (χ2n) is 5.03. The lowest BCUT2D eigenvalue weighted by Crippen LogP contribution is -2.18. The lowest BCUT2D eigenvalue weighted by Gasteiger charge is -2.16. The molecule has 19 heavy (non-hydrogen) atoms. The van der Waals surface area contributed by atoms with Crippen molar-refractivity contribution in [2.45, 2.75) is 45.1 Å². The van der Waals surface area contributed by atoms with Gasteiger partial charge in [-0.05, 0) is 12.0 Å². The number of rotatable bonds is 5. The molecule has 3 unspecified atom stereocenters. The quantitative estimate of drug-likeness (QED) is 0.893. The van der Waals surface area contributed by atoms with Crippen molar-refractivity contribution in [3.05, 3.63) is 47.6 Å². The van der Waals surface area contributed by atoms with E-state index in [1.807, 2.05) is 37.3 Å². The summed E-state index contributed by atoms with van der Waals surface area (Å²) in [5.41, 5.74) is 7.34. The molecule has 0 amide bonds. The maximum absolute atomic E-state index is 6.26. The second kappa shape index (κ2) is 5.97. The number of nitrogens with zero attached hydrogens (tertiary/aromatic N) is 2. The van der Waals surface area contributed by atoms with Crippen molar-refractivity contribution in [3.8, 4) is 0 Å². The van der Waals surface area contributed by atoms with E-state index in [2.05, 4.69) is 24.0 Å². The van der Waals surface area contributed by atoms with Gasteiger partial charge in [-0.2, -0.15) is 4.98 Å². The Morgan fingerprint density at radius 2 is 1.89 bits per heavy atom. The number of nitrogens with two attached hydrogens (primary N) is 1. The van der Waals surface area contributed by atoms with Gasteiger partial charge in [-0.1, -0.05) is 56.3 Å². The molecule has 4 heteroatoms. The number of hydrogen-bond acceptors (Lipinski definition) is 4. The van der Waals surface area contributed by atoms with E-state index in [0.717, 1.165) is 17.8 Å². The highest BCUT2D eigenvalue weighted by molar-refractivity contribution is 5.21. The molecule has 2 aromatic rings. The fourth-order valence-electron chi connectivity index (χ4n) is 1.93. The van der Waals surface area contributed by atoms with Gasteiger partial charge in [0.05, 0.1) is 5.92 Å². The van der Waals surface area contributed by atoms with Gasteiger partial charge in [0.1, 0.15) is 0 Å². The first-order valence-corrected chi connectivity index (χ1v) is 6.77. The molecular formula is C15H21N3O. The van der Waals surface area contributed by atoms with Crippen LogP contribution in [0.3, 0.4) is 0 Å². The average molecular weight is 259 g/mol. The molecular weight excluding hydrogens is 238 g/mol. The zero-order valence-electron chi connectivity index (χ0n) is 11.7. The molecule has 4 nitrogen and oxygen atoms in total. The van der Waals surface area contributed by atoms with E-state index in [1.54, 1.807) is 0 Å². The van der Waals surface area contributed by atoms with Gasteiger partial charge in [-0.15, -0.1) is 0 Å². The van der Waals surface area contributed by atoms with Gasteiger partial charge in [0, 0.05) is 12.0 Å². The summed E-state index contributed by atoms with van der Waals surface area (Å²) in [5.74, 6) is 1.71. The summed E-state index contributed by atoms with van der Waals surface area (Å²) in [7, 11) is 0. The molecule has 2 rings (SSSR count). The Hall–Kier alpha value is -1.68. The van der Waals surface area contributed by atoms with Gasteiger partial charge in [-0.25, -0.2) is 0 Å². The fourth-order valence-corrected chi connectivity index (χ4v) is 1.93. The Bertz CT molecular complexity index is 509. The van der Waals surface area contributed by atoms with Gasteiger partial charge in [0.25, 0.3) is 0 Å². The van der Waals surface area contributed by atoms with Crippen LogP contribution in [0, 0.1) is 0 Å². The van der Waals surface area contributed by atoms with E-state index in [9.17, 15) is 0 Å². The molecule has 102 valence electrons. The van der Waals surface area contributed by atoms with Gasteiger partial charge in [0.2, 0.25) is 5.89 Å². The number of hydrogen-bond donors (Lipinski definition) is 1. The molecule has 1 aromatic heterocycles. The van der Waals surface area contributed by atoms with E-state index in [0.29, 0.717) is 11.8 Å². The number of benzene rings is 1. The molecule has 0 spiro atoms. The highest BCUT2D eigenvalue weighted by Gasteiger charge is 2.23. The zero-order valence-corrected chi connectivity index (χ0v) is 11.7. The van der Waals surface area contributed by atoms with Crippen molar-refractivity contribution < 1.29 is 4.52 Å². The van der Waals surface area contributed by atoms with Crippen molar-refractivity contribution in [3.63, 3.8) is 0 Å². The summed E-state index contributed by atoms with van der Waals surface area (Å²) in [6.45, 7) is 6.22. The highest BCUT2D eigenvalue weighted by atomic mass is 16.5. The predicted molar refractivity (Wildman–Crippen MR) is 74.8 cm³/mol. The molecule has 0 aliphatic heterocycles. The zero-order chi connectivity index (χ0) is 13.8. The van der Waals surface area contributed by atoms with Crippen LogP contribution < -0.4 is 5.73 Å². The smallest absolute Gasteiger partial charge is 0.231 e. The van der Waals surface area contributed by atoms with Crippen LogP contribution in [0.15, 0.2) is 34.9 Å². The minimum absolute atomic E-state index is 0.00714. The molecule has 2 N–H and O–H groups in total. The van der Waals surface area contributed by atoms with Gasteiger partial charge >= 0.3 is 0 Å². The molecule has 0 aliphatic rings. The summed E-state index contributed by atoms with van der Waals surface area (Å²) in [5, 5.41) is 4.04. The van der Waals surface area contributed by atoms with Crippen LogP contribution in [0.4, 0.5) is 0 Å². The summed E-state index contributed by atoms with van der Waals surface area (Å²) >= 11 is 0. The van der Waals surface area contributed by atoms with Crippen molar-refractivity contribution in [2.24, 2.45) is 5.73 Å². The van der Waals surface area contributed by atoms with Crippen LogP contribution in [0.25, 0.3) is 0 Å². The Labute approximate surface area is 114 Å². The topological polar surface area (TPSA) is 64.9 Å². The largest absolute Gasteiger partial charge is 0.339 e. The summed E-state index contributed by atoms with van der Waals surface area (Å²) in [6, 6.07) is 9.86. The third kappa shape index (κ3) is 3.01. The van der Waals surface area contributed by atoms with Crippen LogP contribution in [-0.4, -0.2) is 10.1 Å². The molecule has 3 atom stereocenters. The van der Waals surface area contributed by atoms with Crippen LogP contribution in [0.2, 0.25) is 0 Å². The van der Waals surface area contributed by atoms with Gasteiger partial charge < -0.3 is 10.3 Å². The van der Waals surface area contributed by atoms with E-state index in [1.165, 1.54) is 0 Å². The predicted octanol–water partition coefficient (Wildman–Crippen LogP) is 3.39. The third-order valence-electron chi connectivity index (χ3n) is 3.62. The van der Waals surface area contributed by atoms with E-state index >= 15 is 0 Å². The van der Waals surface area contributed by atoms with Crippen molar-refractivity contribution in [1.29, 1.82) is 0 Å². The van der Waals surface area contributed by atoms with E-state index in [4.69, 9.17) is 10.3 Å². The molecule has 1 aromatic carbocycles. The highest BCUT2D eigenvalue weighted by Crippen LogP contribution is 2.28. The molecule has 0 bridgehead atoms. The van der Waals surface area contributed by atoms with E-state index < -0.39 is 0 Å². The minimum Gasteiger partial charge on any atom is -0.339 e. The maximum Gasteiger partial charge on any atom is 0.231 e. The monoisotopic (exact) mass is 259 g/mol. The normalized spacial score (nSPS) is 16.0. The Morgan fingerprint density at radius 3 is 2.53 bits per heavy atom. The number of aromatic nitrogens is 2. The molecule has 0 radical (unpaired) electrons.